The molecule has 0 aromatic heterocycles. The number of carbonyl (C=O) groups is 1. The van der Waals surface area contributed by atoms with E-state index in [1.807, 2.05) is 13.0 Å². The van der Waals surface area contributed by atoms with Gasteiger partial charge in [0.15, 0.2) is 0 Å². The van der Waals surface area contributed by atoms with Crippen LogP contribution in [-0.4, -0.2) is 46.0 Å². The van der Waals surface area contributed by atoms with Crippen LogP contribution < -0.4 is 9.04 Å². The molecule has 6 nitrogen and oxygen atoms in total. The molecule has 156 valence electrons. The highest BCUT2D eigenvalue weighted by Crippen LogP contribution is 2.28. The van der Waals surface area contributed by atoms with E-state index in [4.69, 9.17) is 4.74 Å². The van der Waals surface area contributed by atoms with E-state index >= 15 is 0 Å². The highest BCUT2D eigenvalue weighted by atomic mass is 32.2. The third-order valence-corrected chi connectivity index (χ3v) is 7.18. The number of carbonyl (C=O) groups excluding carboxylic acids is 1. The maximum absolute atomic E-state index is 13.6. The molecule has 0 N–H and O–H groups in total. The zero-order valence-corrected chi connectivity index (χ0v) is 18.0. The molecule has 3 rings (SSSR count). The van der Waals surface area contributed by atoms with Crippen LogP contribution in [0.25, 0.3) is 0 Å². The number of nitrogens with zero attached hydrogens (tertiary/aromatic N) is 2. The maximum Gasteiger partial charge on any atom is 0.265 e. The number of anilines is 1. The minimum atomic E-state index is -3.92. The quantitative estimate of drug-likeness (QED) is 0.723. The number of amides is 1. The van der Waals surface area contributed by atoms with Crippen LogP contribution in [-0.2, 0) is 14.8 Å². The van der Waals surface area contributed by atoms with Gasteiger partial charge in [0.1, 0.15) is 12.3 Å². The number of benzene rings is 2. The van der Waals surface area contributed by atoms with Gasteiger partial charge in [-0.05, 0) is 74.6 Å². The summed E-state index contributed by atoms with van der Waals surface area (Å²) < 4.78 is 33.6. The van der Waals surface area contributed by atoms with Gasteiger partial charge in [0.2, 0.25) is 5.91 Å². The van der Waals surface area contributed by atoms with E-state index in [0.717, 1.165) is 24.8 Å². The maximum atomic E-state index is 13.6. The highest BCUT2D eigenvalue weighted by Gasteiger charge is 2.30. The van der Waals surface area contributed by atoms with Gasteiger partial charge in [0.25, 0.3) is 10.0 Å². The topological polar surface area (TPSA) is 66.9 Å². The Morgan fingerprint density at radius 1 is 1.03 bits per heavy atom. The lowest BCUT2D eigenvalue weighted by molar-refractivity contribution is -0.130. The second-order valence-corrected chi connectivity index (χ2v) is 9.25. The number of methoxy groups -OCH3 is 1. The predicted octanol–water partition coefficient (Wildman–Crippen LogP) is 3.52. The molecule has 1 heterocycles. The van der Waals surface area contributed by atoms with Crippen LogP contribution in [0.5, 0.6) is 5.75 Å². The molecule has 1 aliphatic rings. The van der Waals surface area contributed by atoms with Gasteiger partial charge < -0.3 is 9.64 Å². The van der Waals surface area contributed by atoms with E-state index in [2.05, 4.69) is 0 Å². The first-order valence-electron chi connectivity index (χ1n) is 9.85. The number of piperidine rings is 1. The Morgan fingerprint density at radius 3 is 2.31 bits per heavy atom. The third-order valence-electron chi connectivity index (χ3n) is 5.26. The summed E-state index contributed by atoms with van der Waals surface area (Å²) >= 11 is 0. The molecule has 7 heteroatoms. The Balaban J connectivity index is 2.01. The lowest BCUT2D eigenvalue weighted by Crippen LogP contribution is -2.45. The first-order valence-corrected chi connectivity index (χ1v) is 11.3. The van der Waals surface area contributed by atoms with Crippen LogP contribution in [0.1, 0.15) is 30.4 Å². The summed E-state index contributed by atoms with van der Waals surface area (Å²) in [5.41, 5.74) is 1.95. The number of ether oxygens (including phenoxy) is 1. The molecule has 0 bridgehead atoms. The smallest absolute Gasteiger partial charge is 0.265 e. The normalized spacial score (nSPS) is 14.5. The average Bonchev–Trinajstić information content (AvgIpc) is 2.74. The van der Waals surface area contributed by atoms with Crippen molar-refractivity contribution in [1.29, 1.82) is 0 Å². The summed E-state index contributed by atoms with van der Waals surface area (Å²) in [5, 5.41) is 0. The van der Waals surface area contributed by atoms with Crippen molar-refractivity contribution in [3.05, 3.63) is 53.6 Å². The van der Waals surface area contributed by atoms with Crippen LogP contribution in [0.3, 0.4) is 0 Å². The number of aryl methyl sites for hydroxylation is 2. The lowest BCUT2D eigenvalue weighted by Gasteiger charge is -2.31. The second kappa shape index (κ2) is 8.86. The minimum absolute atomic E-state index is 0.172. The van der Waals surface area contributed by atoms with Gasteiger partial charge in [-0.3, -0.25) is 9.10 Å². The second-order valence-electron chi connectivity index (χ2n) is 7.42. The Bertz CT molecular complexity index is 965. The fraction of sp³-hybridized carbons (Fsp3) is 0.409. The van der Waals surface area contributed by atoms with E-state index in [-0.39, 0.29) is 17.3 Å². The van der Waals surface area contributed by atoms with Crippen molar-refractivity contribution in [2.24, 2.45) is 0 Å². The van der Waals surface area contributed by atoms with Crippen molar-refractivity contribution >= 4 is 21.6 Å². The van der Waals surface area contributed by atoms with Gasteiger partial charge in [-0.1, -0.05) is 12.1 Å². The molecule has 2 aromatic carbocycles. The predicted molar refractivity (Wildman–Crippen MR) is 114 cm³/mol. The van der Waals surface area contributed by atoms with E-state index in [1.165, 1.54) is 4.31 Å². The van der Waals surface area contributed by atoms with E-state index in [1.54, 1.807) is 55.3 Å². The van der Waals surface area contributed by atoms with Crippen LogP contribution >= 0.6 is 0 Å². The molecule has 1 fully saturated rings. The summed E-state index contributed by atoms with van der Waals surface area (Å²) in [6.07, 6.45) is 3.02. The Labute approximate surface area is 173 Å². The summed E-state index contributed by atoms with van der Waals surface area (Å²) in [6, 6.07) is 12.1. The van der Waals surface area contributed by atoms with Crippen molar-refractivity contribution < 1.29 is 17.9 Å². The first-order chi connectivity index (χ1) is 13.8. The van der Waals surface area contributed by atoms with Crippen LogP contribution in [0.4, 0.5) is 5.69 Å². The lowest BCUT2D eigenvalue weighted by atomic mass is 10.1. The molecule has 0 unspecified atom stereocenters. The summed E-state index contributed by atoms with van der Waals surface area (Å²) in [6.45, 7) is 4.76. The molecular formula is C22H28N2O4S. The Hall–Kier alpha value is -2.54. The molecule has 1 saturated heterocycles. The van der Waals surface area contributed by atoms with E-state index in [9.17, 15) is 13.2 Å². The number of rotatable bonds is 6. The van der Waals surface area contributed by atoms with Gasteiger partial charge in [0, 0.05) is 13.1 Å². The van der Waals surface area contributed by atoms with Crippen molar-refractivity contribution in [2.75, 3.05) is 31.0 Å². The molecule has 1 aliphatic heterocycles. The number of likely N-dealkylation sites (tertiary alicyclic amines) is 1. The molecule has 0 radical (unpaired) electrons. The van der Waals surface area contributed by atoms with Crippen molar-refractivity contribution in [3.63, 3.8) is 0 Å². The van der Waals surface area contributed by atoms with Gasteiger partial charge in [-0.2, -0.15) is 0 Å². The first kappa shape index (κ1) is 21.2. The van der Waals surface area contributed by atoms with Crippen molar-refractivity contribution in [2.45, 2.75) is 38.0 Å². The molecule has 0 atom stereocenters. The molecule has 0 saturated carbocycles. The zero-order valence-electron chi connectivity index (χ0n) is 17.2. The van der Waals surface area contributed by atoms with Gasteiger partial charge in [-0.25, -0.2) is 8.42 Å². The largest absolute Gasteiger partial charge is 0.497 e. The number of hydrogen-bond acceptors (Lipinski definition) is 4. The molecule has 0 spiro atoms. The fourth-order valence-corrected chi connectivity index (χ4v) is 5.26. The van der Waals surface area contributed by atoms with Gasteiger partial charge >= 0.3 is 0 Å². The highest BCUT2D eigenvalue weighted by molar-refractivity contribution is 7.93. The molecular weight excluding hydrogens is 388 g/mol. The van der Waals surface area contributed by atoms with E-state index < -0.39 is 10.0 Å². The SMILES string of the molecule is COc1ccc(N(CC(=O)N2CCCCC2)S(=O)(=O)c2cc(C)ccc2C)cc1. The monoisotopic (exact) mass is 416 g/mol. The minimum Gasteiger partial charge on any atom is -0.497 e. The standard InChI is InChI=1S/C22H28N2O4S/c1-17-7-8-18(2)21(15-17)29(26,27)24(19-9-11-20(28-3)12-10-19)16-22(25)23-13-5-4-6-14-23/h7-12,15H,4-6,13-14,16H2,1-3H3. The van der Waals surface area contributed by atoms with Crippen molar-refractivity contribution in [3.8, 4) is 5.75 Å². The van der Waals surface area contributed by atoms with Crippen LogP contribution in [0.15, 0.2) is 47.4 Å². The third kappa shape index (κ3) is 4.72. The summed E-state index contributed by atoms with van der Waals surface area (Å²) in [5.74, 6) is 0.453. The molecule has 29 heavy (non-hydrogen) atoms. The average molecular weight is 417 g/mol. The van der Waals surface area contributed by atoms with Crippen molar-refractivity contribution in [1.82, 2.24) is 4.90 Å². The van der Waals surface area contributed by atoms with Crippen LogP contribution in [0, 0.1) is 13.8 Å². The Kier molecular flexibility index (Phi) is 6.47. The van der Waals surface area contributed by atoms with E-state index in [0.29, 0.717) is 30.1 Å². The number of sulfonamides is 1. The van der Waals surface area contributed by atoms with Crippen LogP contribution in [0.2, 0.25) is 0 Å². The summed E-state index contributed by atoms with van der Waals surface area (Å²) in [7, 11) is -2.36. The van der Waals surface area contributed by atoms with Gasteiger partial charge in [-0.15, -0.1) is 0 Å². The molecule has 2 aromatic rings. The van der Waals surface area contributed by atoms with Gasteiger partial charge in [0.05, 0.1) is 17.7 Å². The fourth-order valence-electron chi connectivity index (χ4n) is 3.53. The molecule has 0 aliphatic carbocycles. The summed E-state index contributed by atoms with van der Waals surface area (Å²) in [4.78, 5) is 14.9. The Morgan fingerprint density at radius 2 is 1.69 bits per heavy atom. The number of hydrogen-bond donors (Lipinski definition) is 0. The molecule has 1 amide bonds. The zero-order chi connectivity index (χ0) is 21.0.